The van der Waals surface area contributed by atoms with Gasteiger partial charge in [-0.1, -0.05) is 98.9 Å². The zero-order valence-corrected chi connectivity index (χ0v) is 38.6. The lowest BCUT2D eigenvalue weighted by molar-refractivity contribution is -0.303. The van der Waals surface area contributed by atoms with Crippen molar-refractivity contribution in [3.05, 3.63) is 85.1 Å². The molecule has 0 saturated carbocycles. The lowest BCUT2D eigenvalue weighted by Gasteiger charge is -2.46. The first-order valence-corrected chi connectivity index (χ1v) is 22.8. The number of fused-ring (bicyclic) bond motifs is 2. The van der Waals surface area contributed by atoms with E-state index < -0.39 is 147 Å². The number of nitrogens with two attached hydrogens (primary N) is 1. The van der Waals surface area contributed by atoms with E-state index in [2.05, 4.69) is 5.32 Å². The molecule has 13 N–H and O–H groups in total. The number of nitrogens with one attached hydrogen (secondary N) is 1. The Labute approximate surface area is 388 Å². The number of hydrogen-bond donors (Lipinski definition) is 12. The van der Waals surface area contributed by atoms with Crippen molar-refractivity contribution < 1.29 is 79.6 Å². The summed E-state index contributed by atoms with van der Waals surface area (Å²) in [6, 6.07) is -2.19. The van der Waals surface area contributed by atoms with E-state index in [0.29, 0.717) is 0 Å². The van der Waals surface area contributed by atoms with Crippen LogP contribution in [0.15, 0.2) is 85.1 Å². The van der Waals surface area contributed by atoms with Gasteiger partial charge in [0.2, 0.25) is 5.91 Å². The average Bonchev–Trinajstić information content (AvgIpc) is 3.23. The minimum atomic E-state index is -2.21. The number of allylic oxidation sites excluding steroid dienone is 12. The summed E-state index contributed by atoms with van der Waals surface area (Å²) in [6.07, 6.45) is 5.48. The van der Waals surface area contributed by atoms with Crippen LogP contribution in [0, 0.1) is 11.8 Å². The van der Waals surface area contributed by atoms with Crippen LogP contribution in [0.25, 0.3) is 0 Å². The Morgan fingerprint density at radius 2 is 1.26 bits per heavy atom. The molecule has 0 aromatic heterocycles. The van der Waals surface area contributed by atoms with Gasteiger partial charge in [-0.15, -0.1) is 0 Å². The van der Waals surface area contributed by atoms with E-state index in [1.54, 1.807) is 63.3 Å². The van der Waals surface area contributed by atoms with Gasteiger partial charge in [0.15, 0.2) is 12.1 Å². The van der Waals surface area contributed by atoms with E-state index in [4.69, 9.17) is 24.7 Å². The Morgan fingerprint density at radius 3 is 1.85 bits per heavy atom. The largest absolute Gasteiger partial charge is 0.462 e. The molecule has 19 atom stereocenters. The van der Waals surface area contributed by atoms with Crippen LogP contribution in [0.4, 0.5) is 0 Å². The molecule has 0 aromatic rings. The number of carbonyl (C=O) groups is 2. The third kappa shape index (κ3) is 19.3. The second-order valence-electron chi connectivity index (χ2n) is 17.9. The molecule has 2 saturated heterocycles. The summed E-state index contributed by atoms with van der Waals surface area (Å²) in [6.45, 7) is 8.04. The number of hydrogen-bond acceptors (Lipinski definition) is 17. The summed E-state index contributed by atoms with van der Waals surface area (Å²) in [7, 11) is 0. The summed E-state index contributed by atoms with van der Waals surface area (Å²) in [5.41, 5.74) is 6.06. The molecule has 1 unspecified atom stereocenters. The molecule has 18 heteroatoms. The van der Waals surface area contributed by atoms with Crippen LogP contribution >= 0.6 is 0 Å². The molecule has 3 heterocycles. The molecule has 3 aliphatic heterocycles. The quantitative estimate of drug-likeness (QED) is 0.172. The number of esters is 1. The number of rotatable bonds is 3. The number of carbonyl (C=O) groups excluding carboxylic acids is 2. The highest BCUT2D eigenvalue weighted by atomic mass is 16.7. The van der Waals surface area contributed by atoms with Crippen LogP contribution in [0.1, 0.15) is 86.0 Å². The van der Waals surface area contributed by atoms with Crippen LogP contribution in [-0.2, 0) is 28.5 Å². The lowest BCUT2D eigenvalue weighted by Crippen LogP contribution is -2.63. The van der Waals surface area contributed by atoms with E-state index in [0.717, 1.165) is 0 Å². The maximum Gasteiger partial charge on any atom is 0.308 e. The summed E-state index contributed by atoms with van der Waals surface area (Å²) in [4.78, 5) is 24.9. The smallest absolute Gasteiger partial charge is 0.308 e. The van der Waals surface area contributed by atoms with Gasteiger partial charge in [-0.3, -0.25) is 9.59 Å². The Morgan fingerprint density at radius 1 is 0.682 bits per heavy atom. The molecule has 1 amide bonds. The monoisotopic (exact) mass is 937 g/mol. The van der Waals surface area contributed by atoms with Crippen LogP contribution in [0.3, 0.4) is 0 Å². The van der Waals surface area contributed by atoms with Gasteiger partial charge < -0.3 is 81.1 Å². The first-order chi connectivity index (χ1) is 31.1. The van der Waals surface area contributed by atoms with Crippen LogP contribution < -0.4 is 11.1 Å². The van der Waals surface area contributed by atoms with E-state index in [1.807, 2.05) is 49.5 Å². The SMILES string of the molecule is CC(=O)N[C@H]1C2C[C@@H](O[C@@H]3O[C@H](C)[C@@H](O)[C@H](N)[C@@H]3O)/C=C/C=C/C=C/C=C/C=C/C=C/C=C/[C@H](C)[C@@H](O)[C@@H](C)[C@H](C)OC(=O)C[C@H](O)C[C@H](O)CC[C@@H](O)[C@H](O)C[C@H](O)C[C@](O)(C[C@@H]1O)O2. The average molecular weight is 937 g/mol. The lowest BCUT2D eigenvalue weighted by atomic mass is 9.87. The molecule has 3 aliphatic rings. The predicted octanol–water partition coefficient (Wildman–Crippen LogP) is 0.516. The Kier molecular flexibility index (Phi) is 24.3. The topological polar surface area (TPSA) is 311 Å². The fraction of sp³-hybridized carbons (Fsp3) is 0.667. The number of aliphatic hydroxyl groups is 10. The highest BCUT2D eigenvalue weighted by Gasteiger charge is 2.49. The molecule has 2 bridgehead atoms. The maximum atomic E-state index is 12.6. The van der Waals surface area contributed by atoms with Crippen molar-refractivity contribution >= 4 is 11.9 Å². The Hall–Kier alpha value is -3.44. The molecular weight excluding hydrogens is 861 g/mol. The highest BCUT2D eigenvalue weighted by molar-refractivity contribution is 5.73. The molecule has 0 aliphatic carbocycles. The van der Waals surface area contributed by atoms with Gasteiger partial charge in [-0.25, -0.2) is 0 Å². The predicted molar refractivity (Wildman–Crippen MR) is 243 cm³/mol. The first-order valence-electron chi connectivity index (χ1n) is 22.8. The molecule has 0 aromatic carbocycles. The van der Waals surface area contributed by atoms with Crippen molar-refractivity contribution in [2.45, 2.75) is 189 Å². The van der Waals surface area contributed by atoms with Crippen molar-refractivity contribution in [2.24, 2.45) is 17.6 Å². The van der Waals surface area contributed by atoms with E-state index in [1.165, 1.54) is 6.92 Å². The van der Waals surface area contributed by atoms with Crippen molar-refractivity contribution in [2.75, 3.05) is 0 Å². The van der Waals surface area contributed by atoms with Crippen LogP contribution in [0.2, 0.25) is 0 Å². The van der Waals surface area contributed by atoms with Gasteiger partial charge in [-0.05, 0) is 33.1 Å². The number of cyclic esters (lactones) is 1. The summed E-state index contributed by atoms with van der Waals surface area (Å²) >= 11 is 0. The molecule has 18 nitrogen and oxygen atoms in total. The molecule has 374 valence electrons. The molecule has 66 heavy (non-hydrogen) atoms. The van der Waals surface area contributed by atoms with Gasteiger partial charge in [0, 0.05) is 44.4 Å². The third-order valence-electron chi connectivity index (χ3n) is 12.1. The second-order valence-corrected chi connectivity index (χ2v) is 17.9. The zero-order valence-electron chi connectivity index (χ0n) is 38.6. The number of amides is 1. The Bertz CT molecular complexity index is 1690. The van der Waals surface area contributed by atoms with Crippen molar-refractivity contribution in [1.29, 1.82) is 0 Å². The van der Waals surface area contributed by atoms with Gasteiger partial charge >= 0.3 is 5.97 Å². The fourth-order valence-electron chi connectivity index (χ4n) is 8.07. The molecular formula is C48H76N2O16. The fourth-order valence-corrected chi connectivity index (χ4v) is 8.07. The van der Waals surface area contributed by atoms with Crippen molar-refractivity contribution in [3.8, 4) is 0 Å². The molecule has 0 radical (unpaired) electrons. The minimum Gasteiger partial charge on any atom is -0.462 e. The van der Waals surface area contributed by atoms with E-state index >= 15 is 0 Å². The third-order valence-corrected chi connectivity index (χ3v) is 12.1. The maximum absolute atomic E-state index is 12.6. The van der Waals surface area contributed by atoms with Gasteiger partial charge in [0.1, 0.15) is 12.2 Å². The second kappa shape index (κ2) is 28.1. The number of ether oxygens (including phenoxy) is 4. The molecule has 2 fully saturated rings. The summed E-state index contributed by atoms with van der Waals surface area (Å²) in [5, 5.41) is 111. The summed E-state index contributed by atoms with van der Waals surface area (Å²) < 4.78 is 23.5. The molecule has 3 rings (SSSR count). The van der Waals surface area contributed by atoms with Crippen molar-refractivity contribution in [3.63, 3.8) is 0 Å². The minimum absolute atomic E-state index is 0.0853. The van der Waals surface area contributed by atoms with Gasteiger partial charge in [0.25, 0.3) is 0 Å². The number of aliphatic hydroxyl groups excluding tert-OH is 9. The Balaban J connectivity index is 1.87. The standard InChI is InChI=1S/C48H76N2O16/c1-28-18-16-14-12-10-8-6-7-9-11-13-15-17-19-36(65-47-46(61)42(49)45(60)31(4)64-47)25-40-43(50-32(5)51)39(57)27-48(62,66-40)26-35(54)23-38(56)37(55)21-20-33(52)22-34(53)24-41(58)63-30(3)29(2)44(28)59/h6-19,28-31,33-40,42-47,52-57,59-62H,20-27,49H2,1-5H3,(H,50,51)/b7-6+,10-8+,11-9+,14-12+,15-13+,18-16+,19-17+/t28-,29-,30-,31+,33+,34+,35-,36-,37+,38+,39-,40?,42-,43+,44+,45+,46-,47-,48+/m0/s1. The molecule has 0 spiro atoms. The normalized spacial score (nSPS) is 44.9. The van der Waals surface area contributed by atoms with Gasteiger partial charge in [-0.2, -0.15) is 0 Å². The van der Waals surface area contributed by atoms with Crippen molar-refractivity contribution in [1.82, 2.24) is 5.32 Å². The first kappa shape index (κ1) is 56.9. The summed E-state index contributed by atoms with van der Waals surface area (Å²) in [5.74, 6) is -4.16. The highest BCUT2D eigenvalue weighted by Crippen LogP contribution is 2.35. The van der Waals surface area contributed by atoms with Crippen LogP contribution in [-0.4, -0.2) is 166 Å². The van der Waals surface area contributed by atoms with Crippen LogP contribution in [0.5, 0.6) is 0 Å². The zero-order chi connectivity index (χ0) is 49.1. The van der Waals surface area contributed by atoms with E-state index in [9.17, 15) is 60.7 Å². The van der Waals surface area contributed by atoms with Gasteiger partial charge in [0.05, 0.1) is 85.6 Å². The van der Waals surface area contributed by atoms with E-state index in [-0.39, 0.29) is 31.6 Å².